The average molecular weight is 460 g/mol. The zero-order valence-electron chi connectivity index (χ0n) is 14.7. The zero-order chi connectivity index (χ0) is 20.0. The number of carbonyl (C=O) groups excluding carboxylic acids is 2. The Balaban J connectivity index is 2.24. The van der Waals surface area contributed by atoms with E-state index in [1.165, 1.54) is 12.0 Å². The summed E-state index contributed by atoms with van der Waals surface area (Å²) in [5, 5.41) is 8.41. The molecule has 0 spiro atoms. The molecule has 1 heterocycles. The van der Waals surface area contributed by atoms with Gasteiger partial charge in [0, 0.05) is 24.7 Å². The summed E-state index contributed by atoms with van der Waals surface area (Å²) in [7, 11) is 2.98. The highest BCUT2D eigenvalue weighted by molar-refractivity contribution is 9.10. The van der Waals surface area contributed by atoms with Crippen molar-refractivity contribution in [2.24, 2.45) is 0 Å². The van der Waals surface area contributed by atoms with Gasteiger partial charge in [0.1, 0.15) is 0 Å². The standard InChI is InChI=1S/C17H18BrNO7S/c1-24-5-3-4-19-16(22)14(27-17(19)23)7-10-6-12(25-2)13(8-11(10)18)26-9-15(20)21/h6-8H,3-5,9H2,1-2H3,(H,20,21)/b14-7+. The van der Waals surface area contributed by atoms with E-state index in [9.17, 15) is 14.4 Å². The summed E-state index contributed by atoms with van der Waals surface area (Å²) in [5.74, 6) is -0.917. The highest BCUT2D eigenvalue weighted by atomic mass is 79.9. The van der Waals surface area contributed by atoms with Gasteiger partial charge in [0.2, 0.25) is 0 Å². The number of halogens is 1. The van der Waals surface area contributed by atoms with Gasteiger partial charge in [0.25, 0.3) is 11.1 Å². The summed E-state index contributed by atoms with van der Waals surface area (Å²) in [5.41, 5.74) is 0.594. The van der Waals surface area contributed by atoms with E-state index in [-0.39, 0.29) is 16.9 Å². The molecule has 8 nitrogen and oxygen atoms in total. The minimum absolute atomic E-state index is 0.247. The smallest absolute Gasteiger partial charge is 0.341 e. The largest absolute Gasteiger partial charge is 0.493 e. The van der Waals surface area contributed by atoms with Crippen LogP contribution in [0.2, 0.25) is 0 Å². The molecule has 27 heavy (non-hydrogen) atoms. The first-order chi connectivity index (χ1) is 12.9. The summed E-state index contributed by atoms with van der Waals surface area (Å²) in [6, 6.07) is 3.15. The molecular weight excluding hydrogens is 442 g/mol. The maximum atomic E-state index is 12.5. The third-order valence-corrected chi connectivity index (χ3v) is 5.12. The van der Waals surface area contributed by atoms with Crippen molar-refractivity contribution in [3.05, 3.63) is 27.1 Å². The van der Waals surface area contributed by atoms with Gasteiger partial charge in [-0.2, -0.15) is 0 Å². The van der Waals surface area contributed by atoms with Gasteiger partial charge < -0.3 is 19.3 Å². The molecule has 1 aliphatic rings. The van der Waals surface area contributed by atoms with Crippen LogP contribution in [0.15, 0.2) is 21.5 Å². The third kappa shape index (κ3) is 5.47. The monoisotopic (exact) mass is 459 g/mol. The van der Waals surface area contributed by atoms with Crippen LogP contribution in [0.3, 0.4) is 0 Å². The summed E-state index contributed by atoms with van der Waals surface area (Å²) in [6.07, 6.45) is 2.14. The molecule has 146 valence electrons. The molecule has 0 radical (unpaired) electrons. The van der Waals surface area contributed by atoms with E-state index in [0.29, 0.717) is 40.3 Å². The van der Waals surface area contributed by atoms with E-state index in [4.69, 9.17) is 19.3 Å². The molecule has 2 rings (SSSR count). The predicted octanol–water partition coefficient (Wildman–Crippen LogP) is 2.99. The highest BCUT2D eigenvalue weighted by Gasteiger charge is 2.34. The van der Waals surface area contributed by atoms with Crippen molar-refractivity contribution in [2.75, 3.05) is 34.0 Å². The normalized spacial score (nSPS) is 15.5. The summed E-state index contributed by atoms with van der Waals surface area (Å²) in [6.45, 7) is 0.242. The maximum Gasteiger partial charge on any atom is 0.341 e. The number of nitrogens with zero attached hydrogens (tertiary/aromatic N) is 1. The molecule has 0 unspecified atom stereocenters. The van der Waals surface area contributed by atoms with E-state index < -0.39 is 12.6 Å². The van der Waals surface area contributed by atoms with Gasteiger partial charge in [0.15, 0.2) is 18.1 Å². The van der Waals surface area contributed by atoms with E-state index in [1.807, 2.05) is 0 Å². The highest BCUT2D eigenvalue weighted by Crippen LogP contribution is 2.38. The number of thioether (sulfide) groups is 1. The lowest BCUT2D eigenvalue weighted by Gasteiger charge is -2.12. The fourth-order valence-electron chi connectivity index (χ4n) is 2.27. The SMILES string of the molecule is COCCCN1C(=O)S/C(=C/c2cc(OC)c(OCC(=O)O)cc2Br)C1=O. The summed E-state index contributed by atoms with van der Waals surface area (Å²) in [4.78, 5) is 36.7. The maximum absolute atomic E-state index is 12.5. The molecule has 1 N–H and O–H groups in total. The topological polar surface area (TPSA) is 102 Å². The fraction of sp³-hybridized carbons (Fsp3) is 0.353. The lowest BCUT2D eigenvalue weighted by atomic mass is 10.2. The van der Waals surface area contributed by atoms with Gasteiger partial charge in [-0.15, -0.1) is 0 Å². The molecule has 1 fully saturated rings. The van der Waals surface area contributed by atoms with Gasteiger partial charge in [-0.3, -0.25) is 14.5 Å². The van der Waals surface area contributed by atoms with Gasteiger partial charge >= 0.3 is 5.97 Å². The molecule has 1 aliphatic heterocycles. The Bertz CT molecular complexity index is 781. The Morgan fingerprint density at radius 1 is 1.30 bits per heavy atom. The number of ether oxygens (including phenoxy) is 3. The van der Waals surface area contributed by atoms with Gasteiger partial charge in [-0.1, -0.05) is 15.9 Å². The van der Waals surface area contributed by atoms with Crippen LogP contribution in [-0.4, -0.2) is 61.1 Å². The molecular formula is C17H18BrNO7S. The van der Waals surface area contributed by atoms with Crippen LogP contribution >= 0.6 is 27.7 Å². The first kappa shape index (κ1) is 21.3. The number of carbonyl (C=O) groups is 3. The van der Waals surface area contributed by atoms with E-state index in [1.54, 1.807) is 25.3 Å². The van der Waals surface area contributed by atoms with Crippen LogP contribution in [0.25, 0.3) is 6.08 Å². The molecule has 1 aromatic rings. The van der Waals surface area contributed by atoms with Crippen LogP contribution in [0.5, 0.6) is 11.5 Å². The Kier molecular flexibility index (Phi) is 7.69. The fourth-order valence-corrected chi connectivity index (χ4v) is 3.57. The number of benzene rings is 1. The van der Waals surface area contributed by atoms with E-state index in [0.717, 1.165) is 11.8 Å². The van der Waals surface area contributed by atoms with Crippen LogP contribution in [0.1, 0.15) is 12.0 Å². The summed E-state index contributed by atoms with van der Waals surface area (Å²) >= 11 is 4.23. The van der Waals surface area contributed by atoms with Crippen molar-refractivity contribution in [1.82, 2.24) is 4.90 Å². The van der Waals surface area contributed by atoms with Crippen molar-refractivity contribution in [3.8, 4) is 11.5 Å². The Morgan fingerprint density at radius 3 is 2.67 bits per heavy atom. The van der Waals surface area contributed by atoms with Gasteiger partial charge in [-0.05, 0) is 42.0 Å². The van der Waals surface area contributed by atoms with Crippen molar-refractivity contribution in [1.29, 1.82) is 0 Å². The van der Waals surface area contributed by atoms with Crippen molar-refractivity contribution in [3.63, 3.8) is 0 Å². The lowest BCUT2D eigenvalue weighted by molar-refractivity contribution is -0.139. The molecule has 1 saturated heterocycles. The van der Waals surface area contributed by atoms with Crippen molar-refractivity contribution >= 4 is 50.9 Å². The third-order valence-electron chi connectivity index (χ3n) is 3.52. The van der Waals surface area contributed by atoms with Crippen LogP contribution in [0, 0.1) is 0 Å². The number of hydrogen-bond acceptors (Lipinski definition) is 7. The lowest BCUT2D eigenvalue weighted by Crippen LogP contribution is -2.29. The van der Waals surface area contributed by atoms with E-state index in [2.05, 4.69) is 15.9 Å². The second-order valence-corrected chi connectivity index (χ2v) is 7.23. The molecule has 2 amide bonds. The molecule has 0 aromatic heterocycles. The first-order valence-electron chi connectivity index (χ1n) is 7.83. The predicted molar refractivity (Wildman–Crippen MR) is 103 cm³/mol. The minimum Gasteiger partial charge on any atom is -0.493 e. The average Bonchev–Trinajstić information content (AvgIpc) is 2.89. The first-order valence-corrected chi connectivity index (χ1v) is 9.44. The van der Waals surface area contributed by atoms with Gasteiger partial charge in [-0.25, -0.2) is 4.79 Å². The van der Waals surface area contributed by atoms with Gasteiger partial charge in [0.05, 0.1) is 12.0 Å². The number of carboxylic acids is 1. The number of carboxylic acid groups (broad SMARTS) is 1. The van der Waals surface area contributed by atoms with Crippen LogP contribution in [-0.2, 0) is 14.3 Å². The van der Waals surface area contributed by atoms with E-state index >= 15 is 0 Å². The quantitative estimate of drug-likeness (QED) is 0.443. The number of amides is 2. The molecule has 10 heteroatoms. The van der Waals surface area contributed by atoms with Crippen molar-refractivity contribution in [2.45, 2.75) is 6.42 Å². The molecule has 0 saturated carbocycles. The second kappa shape index (κ2) is 9.77. The molecule has 0 atom stereocenters. The number of imide groups is 1. The van der Waals surface area contributed by atoms with Crippen LogP contribution < -0.4 is 9.47 Å². The molecule has 0 bridgehead atoms. The minimum atomic E-state index is -1.11. The van der Waals surface area contributed by atoms with Crippen LogP contribution in [0.4, 0.5) is 4.79 Å². The van der Waals surface area contributed by atoms with Crippen molar-refractivity contribution < 1.29 is 33.7 Å². The second-order valence-electron chi connectivity index (χ2n) is 5.39. The summed E-state index contributed by atoms with van der Waals surface area (Å²) < 4.78 is 15.9. The molecule has 0 aliphatic carbocycles. The number of aliphatic carboxylic acids is 1. The number of methoxy groups -OCH3 is 2. The number of rotatable bonds is 9. The Hall–Kier alpha value is -2.04. The zero-order valence-corrected chi connectivity index (χ0v) is 17.1. The molecule has 1 aromatic carbocycles. The Morgan fingerprint density at radius 2 is 2.04 bits per heavy atom. The Labute approximate surface area is 168 Å². The number of hydrogen-bond donors (Lipinski definition) is 1.